The fourth-order valence-corrected chi connectivity index (χ4v) is 3.65. The van der Waals surface area contributed by atoms with Crippen molar-refractivity contribution in [3.8, 4) is 11.8 Å². The van der Waals surface area contributed by atoms with E-state index < -0.39 is 0 Å². The Hall–Kier alpha value is -2.29. The van der Waals surface area contributed by atoms with Crippen molar-refractivity contribution in [1.82, 2.24) is 4.98 Å². The lowest BCUT2D eigenvalue weighted by atomic mass is 10.2. The Morgan fingerprint density at radius 1 is 1.12 bits per heavy atom. The molecule has 0 atom stereocenters. The van der Waals surface area contributed by atoms with Gasteiger partial charge in [0.05, 0.1) is 17.3 Å². The lowest BCUT2D eigenvalue weighted by molar-refractivity contribution is 0.305. The Labute approximate surface area is 149 Å². The number of hydrogen-bond donors (Lipinski definition) is 0. The van der Waals surface area contributed by atoms with Crippen molar-refractivity contribution in [2.75, 3.05) is 0 Å². The van der Waals surface area contributed by atoms with E-state index in [2.05, 4.69) is 23.4 Å². The van der Waals surface area contributed by atoms with Gasteiger partial charge in [-0.15, -0.1) is 23.1 Å². The van der Waals surface area contributed by atoms with Crippen LogP contribution in [0.1, 0.15) is 21.8 Å². The fourth-order valence-electron chi connectivity index (χ4n) is 2.04. The molecule has 2 aromatic carbocycles. The molecule has 0 fully saturated rings. The Morgan fingerprint density at radius 3 is 2.58 bits per heavy atom. The summed E-state index contributed by atoms with van der Waals surface area (Å²) in [5.41, 5.74) is 2.96. The van der Waals surface area contributed by atoms with E-state index in [0.29, 0.717) is 12.2 Å². The average Bonchev–Trinajstić information content (AvgIpc) is 3.08. The monoisotopic (exact) mass is 352 g/mol. The highest BCUT2D eigenvalue weighted by Gasteiger charge is 2.04. The van der Waals surface area contributed by atoms with Crippen LogP contribution in [0.15, 0.2) is 58.8 Å². The first kappa shape index (κ1) is 16.6. The first-order valence-electron chi connectivity index (χ1n) is 7.48. The van der Waals surface area contributed by atoms with Gasteiger partial charge in [-0.25, -0.2) is 4.98 Å². The summed E-state index contributed by atoms with van der Waals surface area (Å²) in [6.07, 6.45) is 0. The molecule has 0 radical (unpaired) electrons. The number of rotatable bonds is 6. The third kappa shape index (κ3) is 4.60. The Morgan fingerprint density at radius 2 is 1.88 bits per heavy atom. The molecule has 0 spiro atoms. The zero-order chi connectivity index (χ0) is 16.8. The van der Waals surface area contributed by atoms with Gasteiger partial charge in [0.1, 0.15) is 17.4 Å². The molecule has 1 aromatic heterocycles. The summed E-state index contributed by atoms with van der Waals surface area (Å²) < 4.78 is 5.76. The number of benzene rings is 2. The molecular formula is C19H16N2OS2. The predicted molar refractivity (Wildman–Crippen MR) is 98.3 cm³/mol. The van der Waals surface area contributed by atoms with Crippen molar-refractivity contribution >= 4 is 23.1 Å². The van der Waals surface area contributed by atoms with Gasteiger partial charge in [0, 0.05) is 16.0 Å². The smallest absolute Gasteiger partial charge is 0.140 e. The van der Waals surface area contributed by atoms with Crippen molar-refractivity contribution in [2.24, 2.45) is 0 Å². The number of thioether (sulfide) groups is 1. The normalized spacial score (nSPS) is 10.3. The molecule has 0 saturated carbocycles. The number of thiazole rings is 1. The maximum Gasteiger partial charge on any atom is 0.140 e. The molecular weight excluding hydrogens is 336 g/mol. The predicted octanol–water partition coefficient (Wildman–Crippen LogP) is 5.19. The highest BCUT2D eigenvalue weighted by atomic mass is 32.2. The van der Waals surface area contributed by atoms with E-state index in [1.165, 1.54) is 5.56 Å². The minimum absolute atomic E-state index is 0.495. The molecule has 0 aliphatic heterocycles. The second-order valence-corrected chi connectivity index (χ2v) is 7.25. The molecule has 3 rings (SSSR count). The van der Waals surface area contributed by atoms with Crippen LogP contribution < -0.4 is 4.74 Å². The summed E-state index contributed by atoms with van der Waals surface area (Å²) in [7, 11) is 0. The molecule has 0 unspecified atom stereocenters. The van der Waals surface area contributed by atoms with Crippen LogP contribution in [0.5, 0.6) is 5.75 Å². The van der Waals surface area contributed by atoms with Crippen LogP contribution in [0.25, 0.3) is 0 Å². The van der Waals surface area contributed by atoms with Crippen LogP contribution in [-0.4, -0.2) is 4.98 Å². The maximum atomic E-state index is 8.81. The first-order valence-corrected chi connectivity index (χ1v) is 9.35. The Kier molecular flexibility index (Phi) is 5.52. The zero-order valence-corrected chi connectivity index (χ0v) is 14.9. The molecule has 120 valence electrons. The van der Waals surface area contributed by atoms with Crippen molar-refractivity contribution in [3.05, 3.63) is 75.7 Å². The van der Waals surface area contributed by atoms with E-state index in [1.54, 1.807) is 23.1 Å². The molecule has 0 aliphatic rings. The highest BCUT2D eigenvalue weighted by molar-refractivity contribution is 7.98. The molecule has 0 amide bonds. The number of nitrogens with zero attached hydrogens (tertiary/aromatic N) is 2. The minimum Gasteiger partial charge on any atom is -0.486 e. The number of nitriles is 1. The highest BCUT2D eigenvalue weighted by Crippen LogP contribution is 2.24. The third-order valence-electron chi connectivity index (χ3n) is 3.35. The second-order valence-electron chi connectivity index (χ2n) is 5.26. The maximum absolute atomic E-state index is 8.81. The van der Waals surface area contributed by atoms with E-state index in [0.717, 1.165) is 27.1 Å². The van der Waals surface area contributed by atoms with Gasteiger partial charge < -0.3 is 4.74 Å². The third-order valence-corrected chi connectivity index (χ3v) is 5.27. The summed E-state index contributed by atoms with van der Waals surface area (Å²) in [4.78, 5) is 5.75. The van der Waals surface area contributed by atoms with E-state index in [4.69, 9.17) is 10.00 Å². The molecule has 0 saturated heterocycles. The average molecular weight is 352 g/mol. The molecule has 0 N–H and O–H groups in total. The van der Waals surface area contributed by atoms with Crippen LogP contribution in [-0.2, 0) is 12.4 Å². The summed E-state index contributed by atoms with van der Waals surface area (Å²) in [6.45, 7) is 2.55. The summed E-state index contributed by atoms with van der Waals surface area (Å²) in [6, 6.07) is 17.8. The van der Waals surface area contributed by atoms with Crippen molar-refractivity contribution in [2.45, 2.75) is 24.2 Å². The van der Waals surface area contributed by atoms with Crippen LogP contribution in [0.4, 0.5) is 0 Å². The molecule has 0 bridgehead atoms. The van der Waals surface area contributed by atoms with Crippen LogP contribution in [0, 0.1) is 18.3 Å². The van der Waals surface area contributed by atoms with Gasteiger partial charge in [0.25, 0.3) is 0 Å². The molecule has 3 nitrogen and oxygen atoms in total. The van der Waals surface area contributed by atoms with Gasteiger partial charge in [-0.05, 0) is 43.3 Å². The van der Waals surface area contributed by atoms with Crippen molar-refractivity contribution in [3.63, 3.8) is 0 Å². The summed E-state index contributed by atoms with van der Waals surface area (Å²) in [5.74, 6) is 1.68. The van der Waals surface area contributed by atoms with Crippen LogP contribution >= 0.6 is 23.1 Å². The summed E-state index contributed by atoms with van der Waals surface area (Å²) >= 11 is 3.34. The molecule has 24 heavy (non-hydrogen) atoms. The molecule has 3 aromatic rings. The van der Waals surface area contributed by atoms with E-state index in [-0.39, 0.29) is 0 Å². The number of ether oxygens (including phenoxy) is 1. The van der Waals surface area contributed by atoms with E-state index >= 15 is 0 Å². The quantitative estimate of drug-likeness (QED) is 0.572. The first-order chi connectivity index (χ1) is 11.7. The fraction of sp³-hybridized carbons (Fsp3) is 0.158. The molecule has 5 heteroatoms. The van der Waals surface area contributed by atoms with Crippen molar-refractivity contribution < 1.29 is 4.74 Å². The van der Waals surface area contributed by atoms with Gasteiger partial charge in [0.2, 0.25) is 0 Å². The lowest BCUT2D eigenvalue weighted by Gasteiger charge is -2.04. The Balaban J connectivity index is 1.51. The second kappa shape index (κ2) is 8.00. The molecule has 1 heterocycles. The van der Waals surface area contributed by atoms with E-state index in [1.807, 2.05) is 48.5 Å². The Bertz CT molecular complexity index is 833. The van der Waals surface area contributed by atoms with Gasteiger partial charge in [0.15, 0.2) is 0 Å². The van der Waals surface area contributed by atoms with Crippen molar-refractivity contribution in [1.29, 1.82) is 5.26 Å². The lowest BCUT2D eigenvalue weighted by Crippen LogP contribution is -1.95. The zero-order valence-electron chi connectivity index (χ0n) is 13.2. The van der Waals surface area contributed by atoms with E-state index in [9.17, 15) is 0 Å². The topological polar surface area (TPSA) is 45.9 Å². The minimum atomic E-state index is 0.495. The SMILES string of the molecule is Cc1ccc(OCc2nc(CSc3ccc(C#N)cc3)cs2)cc1. The van der Waals surface area contributed by atoms with Gasteiger partial charge >= 0.3 is 0 Å². The molecule has 0 aliphatic carbocycles. The number of hydrogen-bond acceptors (Lipinski definition) is 5. The number of aromatic nitrogens is 1. The number of aryl methyl sites for hydroxylation is 1. The van der Waals surface area contributed by atoms with Crippen LogP contribution in [0.3, 0.4) is 0 Å². The largest absolute Gasteiger partial charge is 0.486 e. The van der Waals surface area contributed by atoms with Gasteiger partial charge in [-0.1, -0.05) is 17.7 Å². The summed E-state index contributed by atoms with van der Waals surface area (Å²) in [5, 5.41) is 11.9. The van der Waals surface area contributed by atoms with Gasteiger partial charge in [-0.2, -0.15) is 5.26 Å². The standard InChI is InChI=1S/C19H16N2OS2/c1-14-2-6-17(7-3-14)22-11-19-21-16(13-24-19)12-23-18-8-4-15(10-20)5-9-18/h2-9,13H,11-12H2,1H3. The van der Waals surface area contributed by atoms with Crippen LogP contribution in [0.2, 0.25) is 0 Å². The van der Waals surface area contributed by atoms with Gasteiger partial charge in [-0.3, -0.25) is 0 Å².